The minimum Gasteiger partial charge on any atom is -0.382 e. The Balaban J connectivity index is 2.30. The Morgan fingerprint density at radius 3 is 2.62 bits per heavy atom. The largest absolute Gasteiger partial charge is 0.382 e. The van der Waals surface area contributed by atoms with Crippen LogP contribution < -0.4 is 5.32 Å². The Morgan fingerprint density at radius 2 is 2.00 bits per heavy atom. The molecule has 1 N–H and O–H groups in total. The van der Waals surface area contributed by atoms with E-state index in [0.29, 0.717) is 19.1 Å². The molecule has 0 radical (unpaired) electrons. The van der Waals surface area contributed by atoms with E-state index >= 15 is 0 Å². The van der Waals surface area contributed by atoms with Crippen molar-refractivity contribution < 1.29 is 14.3 Å². The fraction of sp³-hybridized carbons (Fsp3) is 0.938. The van der Waals surface area contributed by atoms with E-state index in [9.17, 15) is 4.79 Å². The van der Waals surface area contributed by atoms with E-state index in [0.717, 1.165) is 38.8 Å². The van der Waals surface area contributed by atoms with Crippen LogP contribution in [0.5, 0.6) is 0 Å². The predicted octanol–water partition coefficient (Wildman–Crippen LogP) is 2.01. The highest BCUT2D eigenvalue weighted by Gasteiger charge is 2.37. The minimum absolute atomic E-state index is 0.00621. The molecule has 1 heterocycles. The first-order valence-corrected chi connectivity index (χ1v) is 8.23. The number of ether oxygens (including phenoxy) is 2. The van der Waals surface area contributed by atoms with Crippen LogP contribution in [0.4, 0.5) is 0 Å². The molecule has 2 unspecified atom stereocenters. The molecule has 1 saturated heterocycles. The standard InChI is InChI=1S/C16H32N2O3/c1-5-14-16(19)18(15(17-14)12-13(2)3)8-6-7-9-21-11-10-20-4/h13-15,17H,5-12H2,1-4H3. The lowest BCUT2D eigenvalue weighted by atomic mass is 10.1. The van der Waals surface area contributed by atoms with Gasteiger partial charge in [0.25, 0.3) is 0 Å². The van der Waals surface area contributed by atoms with Gasteiger partial charge in [-0.15, -0.1) is 0 Å². The van der Waals surface area contributed by atoms with Crippen molar-refractivity contribution in [1.82, 2.24) is 10.2 Å². The number of carbonyl (C=O) groups excluding carboxylic acids is 1. The van der Waals surface area contributed by atoms with Crippen LogP contribution >= 0.6 is 0 Å². The number of nitrogens with zero attached hydrogens (tertiary/aromatic N) is 1. The van der Waals surface area contributed by atoms with E-state index < -0.39 is 0 Å². The average molecular weight is 300 g/mol. The molecule has 21 heavy (non-hydrogen) atoms. The second-order valence-electron chi connectivity index (χ2n) is 6.12. The predicted molar refractivity (Wildman–Crippen MR) is 84.1 cm³/mol. The Labute approximate surface area is 129 Å². The molecule has 0 aromatic rings. The number of rotatable bonds is 11. The Kier molecular flexibility index (Phi) is 8.88. The molecule has 1 amide bonds. The highest BCUT2D eigenvalue weighted by atomic mass is 16.5. The highest BCUT2D eigenvalue weighted by Crippen LogP contribution is 2.19. The lowest BCUT2D eigenvalue weighted by molar-refractivity contribution is -0.130. The molecular formula is C16H32N2O3. The first-order chi connectivity index (χ1) is 10.1. The average Bonchev–Trinajstić information content (AvgIpc) is 2.73. The van der Waals surface area contributed by atoms with Gasteiger partial charge in [0.1, 0.15) is 0 Å². The fourth-order valence-corrected chi connectivity index (χ4v) is 2.68. The van der Waals surface area contributed by atoms with Crippen molar-refractivity contribution in [2.75, 3.05) is 33.5 Å². The lowest BCUT2D eigenvalue weighted by Gasteiger charge is -2.25. The molecule has 0 aromatic carbocycles. The molecule has 0 spiro atoms. The molecule has 1 rings (SSSR count). The normalized spacial score (nSPS) is 22.5. The molecule has 5 nitrogen and oxygen atoms in total. The van der Waals surface area contributed by atoms with Crippen molar-refractivity contribution >= 4 is 5.91 Å². The van der Waals surface area contributed by atoms with Gasteiger partial charge >= 0.3 is 0 Å². The van der Waals surface area contributed by atoms with E-state index in [4.69, 9.17) is 9.47 Å². The van der Waals surface area contributed by atoms with Gasteiger partial charge < -0.3 is 14.4 Å². The summed E-state index contributed by atoms with van der Waals surface area (Å²) in [6.07, 6.45) is 4.07. The molecule has 1 fully saturated rings. The molecule has 124 valence electrons. The maximum absolute atomic E-state index is 12.3. The van der Waals surface area contributed by atoms with Gasteiger partial charge in [-0.2, -0.15) is 0 Å². The Bertz CT molecular complexity index is 297. The highest BCUT2D eigenvalue weighted by molar-refractivity contribution is 5.84. The van der Waals surface area contributed by atoms with Crippen molar-refractivity contribution in [2.45, 2.75) is 58.7 Å². The first-order valence-electron chi connectivity index (χ1n) is 8.23. The number of unbranched alkanes of at least 4 members (excludes halogenated alkanes) is 1. The number of carbonyl (C=O) groups is 1. The van der Waals surface area contributed by atoms with E-state index in [1.807, 2.05) is 4.90 Å². The van der Waals surface area contributed by atoms with Crippen molar-refractivity contribution in [3.63, 3.8) is 0 Å². The number of nitrogens with one attached hydrogen (secondary N) is 1. The number of hydrogen-bond donors (Lipinski definition) is 1. The van der Waals surface area contributed by atoms with E-state index in [2.05, 4.69) is 26.1 Å². The minimum atomic E-state index is 0.00621. The topological polar surface area (TPSA) is 50.8 Å². The van der Waals surface area contributed by atoms with Gasteiger partial charge in [-0.3, -0.25) is 10.1 Å². The van der Waals surface area contributed by atoms with E-state index in [1.165, 1.54) is 0 Å². The van der Waals surface area contributed by atoms with E-state index in [-0.39, 0.29) is 18.1 Å². The van der Waals surface area contributed by atoms with Crippen LogP contribution in [0.15, 0.2) is 0 Å². The SMILES string of the molecule is CCC1NC(CC(C)C)N(CCCCOCCOC)C1=O. The summed E-state index contributed by atoms with van der Waals surface area (Å²) in [7, 11) is 1.67. The van der Waals surface area contributed by atoms with Crippen molar-refractivity contribution in [3.05, 3.63) is 0 Å². The summed E-state index contributed by atoms with van der Waals surface area (Å²) in [5, 5.41) is 3.47. The zero-order chi connectivity index (χ0) is 15.7. The molecule has 0 bridgehead atoms. The maximum Gasteiger partial charge on any atom is 0.241 e. The zero-order valence-electron chi connectivity index (χ0n) is 14.1. The summed E-state index contributed by atoms with van der Waals surface area (Å²) in [5.74, 6) is 0.856. The number of amides is 1. The van der Waals surface area contributed by atoms with E-state index in [1.54, 1.807) is 7.11 Å². The third-order valence-electron chi connectivity index (χ3n) is 3.82. The molecule has 0 aliphatic carbocycles. The molecule has 5 heteroatoms. The fourth-order valence-electron chi connectivity index (χ4n) is 2.68. The van der Waals surface area contributed by atoms with Crippen LogP contribution in [0.3, 0.4) is 0 Å². The zero-order valence-corrected chi connectivity index (χ0v) is 14.1. The van der Waals surface area contributed by atoms with Crippen LogP contribution in [0.25, 0.3) is 0 Å². The molecule has 0 saturated carbocycles. The summed E-state index contributed by atoms with van der Waals surface area (Å²) in [6, 6.07) is 0.00621. The van der Waals surface area contributed by atoms with Gasteiger partial charge in [0.2, 0.25) is 5.91 Å². The monoisotopic (exact) mass is 300 g/mol. The summed E-state index contributed by atoms with van der Waals surface area (Å²) in [4.78, 5) is 14.4. The number of methoxy groups -OCH3 is 1. The van der Waals surface area contributed by atoms with Gasteiger partial charge in [0.15, 0.2) is 0 Å². The lowest BCUT2D eigenvalue weighted by Crippen LogP contribution is -2.39. The van der Waals surface area contributed by atoms with Crippen LogP contribution in [-0.2, 0) is 14.3 Å². The van der Waals surface area contributed by atoms with Gasteiger partial charge in [0.05, 0.1) is 25.4 Å². The third-order valence-corrected chi connectivity index (χ3v) is 3.82. The van der Waals surface area contributed by atoms with Gasteiger partial charge in [0, 0.05) is 20.3 Å². The maximum atomic E-state index is 12.3. The quantitative estimate of drug-likeness (QED) is 0.593. The summed E-state index contributed by atoms with van der Waals surface area (Å²) < 4.78 is 10.4. The molecule has 2 atom stereocenters. The molecule has 1 aliphatic heterocycles. The molecule has 0 aromatic heterocycles. The molecule has 1 aliphatic rings. The first kappa shape index (κ1) is 18.4. The van der Waals surface area contributed by atoms with Gasteiger partial charge in [-0.25, -0.2) is 0 Å². The van der Waals surface area contributed by atoms with Crippen LogP contribution in [0.2, 0.25) is 0 Å². The third kappa shape index (κ3) is 6.32. The summed E-state index contributed by atoms with van der Waals surface area (Å²) >= 11 is 0. The smallest absolute Gasteiger partial charge is 0.241 e. The Hall–Kier alpha value is -0.650. The van der Waals surface area contributed by atoms with Crippen molar-refractivity contribution in [3.8, 4) is 0 Å². The van der Waals surface area contributed by atoms with Crippen molar-refractivity contribution in [1.29, 1.82) is 0 Å². The number of hydrogen-bond acceptors (Lipinski definition) is 4. The van der Waals surface area contributed by atoms with Crippen molar-refractivity contribution in [2.24, 2.45) is 5.92 Å². The Morgan fingerprint density at radius 1 is 1.24 bits per heavy atom. The van der Waals surface area contributed by atoms with Crippen LogP contribution in [0.1, 0.15) is 46.5 Å². The van der Waals surface area contributed by atoms with Gasteiger partial charge in [-0.1, -0.05) is 20.8 Å². The summed E-state index contributed by atoms with van der Waals surface area (Å²) in [6.45, 7) is 9.33. The van der Waals surface area contributed by atoms with Crippen LogP contribution in [-0.4, -0.2) is 56.5 Å². The summed E-state index contributed by atoms with van der Waals surface area (Å²) in [5.41, 5.74) is 0. The second-order valence-corrected chi connectivity index (χ2v) is 6.12. The molecular weight excluding hydrogens is 268 g/mol. The second kappa shape index (κ2) is 10.1. The van der Waals surface area contributed by atoms with Gasteiger partial charge in [-0.05, 0) is 31.6 Å². The van der Waals surface area contributed by atoms with Crippen LogP contribution in [0, 0.1) is 5.92 Å².